The van der Waals surface area contributed by atoms with Crippen molar-refractivity contribution in [2.45, 2.75) is 12.6 Å². The molecule has 0 fully saturated rings. The lowest BCUT2D eigenvalue weighted by molar-refractivity contribution is 0.283. The number of rotatable bonds is 5. The predicted octanol–water partition coefficient (Wildman–Crippen LogP) is 2.79. The molecular weight excluding hydrogens is 439 g/mol. The molecule has 0 aliphatic carbocycles. The molecule has 2 heterocycles. The van der Waals surface area contributed by atoms with Crippen molar-refractivity contribution in [3.63, 3.8) is 0 Å². The van der Waals surface area contributed by atoms with Crippen LogP contribution in [0.25, 0.3) is 0 Å². The van der Waals surface area contributed by atoms with Crippen LogP contribution in [0.1, 0.15) is 28.3 Å². The molecule has 0 saturated heterocycles. The molecule has 0 amide bonds. The highest BCUT2D eigenvalue weighted by molar-refractivity contribution is 5.98. The lowest BCUT2D eigenvalue weighted by atomic mass is 9.95. The van der Waals surface area contributed by atoms with Gasteiger partial charge in [0.05, 0.1) is 12.8 Å². The molecule has 1 unspecified atom stereocenters. The van der Waals surface area contributed by atoms with Crippen LogP contribution in [-0.2, 0) is 6.61 Å². The molecule has 170 valence electrons. The van der Waals surface area contributed by atoms with Crippen molar-refractivity contribution >= 4 is 23.3 Å². The minimum absolute atomic E-state index is 0.0357. The van der Waals surface area contributed by atoms with Crippen LogP contribution in [0.3, 0.4) is 0 Å². The van der Waals surface area contributed by atoms with Gasteiger partial charge in [-0.05, 0) is 35.4 Å². The number of benzene rings is 2. The van der Waals surface area contributed by atoms with Crippen molar-refractivity contribution in [2.75, 3.05) is 23.9 Å². The van der Waals surface area contributed by atoms with Crippen LogP contribution >= 0.6 is 0 Å². The van der Waals surface area contributed by atoms with E-state index in [1.54, 1.807) is 36.5 Å². The third kappa shape index (κ3) is 4.18. The summed E-state index contributed by atoms with van der Waals surface area (Å²) >= 11 is 0. The molecule has 2 aromatic carbocycles. The molecule has 11 heteroatoms. The number of ether oxygens (including phenoxy) is 2. The number of aliphatic imine (C=N–C) groups is 1. The van der Waals surface area contributed by atoms with Gasteiger partial charge in [0, 0.05) is 5.56 Å². The standard InChI is InChI=1S/C23H19FN8O2/c1-33-16-6-5-13(8-17(16)34-10-12-3-2-4-14(24)7-12)20-18-19(27)15(9-25)21(28)31-22(18)32-23(30-20)29-11-26/h2-8,20H,10H2,1H3,(H6,27,28,29,30,31,32). The molecule has 10 nitrogen and oxygen atoms in total. The number of nitrogen functional groups attached to an aromatic ring is 2. The van der Waals surface area contributed by atoms with Gasteiger partial charge in [-0.2, -0.15) is 10.5 Å². The summed E-state index contributed by atoms with van der Waals surface area (Å²) in [6, 6.07) is 12.4. The van der Waals surface area contributed by atoms with E-state index in [0.29, 0.717) is 28.2 Å². The second kappa shape index (κ2) is 9.22. The zero-order valence-corrected chi connectivity index (χ0v) is 18.0. The number of hydrogen-bond donors (Lipinski definition) is 4. The summed E-state index contributed by atoms with van der Waals surface area (Å²) in [5.41, 5.74) is 14.0. The van der Waals surface area contributed by atoms with Gasteiger partial charge in [-0.1, -0.05) is 18.2 Å². The molecule has 6 N–H and O–H groups in total. The van der Waals surface area contributed by atoms with E-state index in [1.807, 2.05) is 6.07 Å². The van der Waals surface area contributed by atoms with Gasteiger partial charge in [0.15, 0.2) is 17.7 Å². The van der Waals surface area contributed by atoms with Gasteiger partial charge in [-0.3, -0.25) is 5.32 Å². The Morgan fingerprint density at radius 2 is 2.00 bits per heavy atom. The van der Waals surface area contributed by atoms with Crippen LogP contribution in [0.2, 0.25) is 0 Å². The summed E-state index contributed by atoms with van der Waals surface area (Å²) in [7, 11) is 1.50. The van der Waals surface area contributed by atoms with Crippen LogP contribution in [0, 0.1) is 28.6 Å². The van der Waals surface area contributed by atoms with Crippen LogP contribution in [0.4, 0.5) is 21.7 Å². The maximum Gasteiger partial charge on any atom is 0.211 e. The normalized spacial score (nSPS) is 14.0. The number of aromatic nitrogens is 1. The molecule has 3 aromatic rings. The highest BCUT2D eigenvalue weighted by Crippen LogP contribution is 2.42. The Labute approximate surface area is 194 Å². The highest BCUT2D eigenvalue weighted by Gasteiger charge is 2.30. The number of pyridine rings is 1. The monoisotopic (exact) mass is 458 g/mol. The van der Waals surface area contributed by atoms with E-state index >= 15 is 0 Å². The fourth-order valence-electron chi connectivity index (χ4n) is 3.59. The molecule has 1 aliphatic heterocycles. The van der Waals surface area contributed by atoms with Crippen molar-refractivity contribution < 1.29 is 13.9 Å². The molecule has 4 rings (SSSR count). The fraction of sp³-hybridized carbons (Fsp3) is 0.130. The Hall–Kier alpha value is -5.03. The van der Waals surface area contributed by atoms with Gasteiger partial charge in [-0.25, -0.2) is 14.4 Å². The molecular formula is C23H19FN8O2. The van der Waals surface area contributed by atoms with E-state index in [2.05, 4.69) is 20.6 Å². The number of nitrogens with two attached hydrogens (primary N) is 2. The zero-order chi connectivity index (χ0) is 24.2. The van der Waals surface area contributed by atoms with E-state index < -0.39 is 6.04 Å². The molecule has 0 saturated carbocycles. The van der Waals surface area contributed by atoms with Crippen molar-refractivity contribution in [2.24, 2.45) is 4.99 Å². The first-order valence-electron chi connectivity index (χ1n) is 9.99. The highest BCUT2D eigenvalue weighted by atomic mass is 19.1. The smallest absolute Gasteiger partial charge is 0.211 e. The van der Waals surface area contributed by atoms with Crippen LogP contribution in [0.5, 0.6) is 11.5 Å². The molecule has 0 radical (unpaired) electrons. The van der Waals surface area contributed by atoms with E-state index in [0.717, 1.165) is 0 Å². The molecule has 1 aliphatic rings. The number of anilines is 3. The summed E-state index contributed by atoms with van der Waals surface area (Å²) in [6.45, 7) is 0.101. The van der Waals surface area contributed by atoms with E-state index in [4.69, 9.17) is 26.2 Å². The predicted molar refractivity (Wildman–Crippen MR) is 123 cm³/mol. The largest absolute Gasteiger partial charge is 0.493 e. The first-order chi connectivity index (χ1) is 16.4. The van der Waals surface area contributed by atoms with Gasteiger partial charge >= 0.3 is 0 Å². The van der Waals surface area contributed by atoms with Crippen molar-refractivity contribution in [1.82, 2.24) is 10.3 Å². The average Bonchev–Trinajstić information content (AvgIpc) is 2.82. The molecule has 0 spiro atoms. The Balaban J connectivity index is 1.78. The molecule has 1 aromatic heterocycles. The first-order valence-corrected chi connectivity index (χ1v) is 9.99. The molecule has 1 atom stereocenters. The van der Waals surface area contributed by atoms with Crippen molar-refractivity contribution in [3.8, 4) is 23.8 Å². The van der Waals surface area contributed by atoms with Crippen LogP contribution in [-0.4, -0.2) is 18.1 Å². The van der Waals surface area contributed by atoms with Gasteiger partial charge < -0.3 is 26.3 Å². The van der Waals surface area contributed by atoms with Gasteiger partial charge in [0.25, 0.3) is 0 Å². The third-order valence-corrected chi connectivity index (χ3v) is 5.14. The maximum absolute atomic E-state index is 13.5. The van der Waals surface area contributed by atoms with E-state index in [-0.39, 0.29) is 41.3 Å². The quantitative estimate of drug-likeness (QED) is 0.332. The van der Waals surface area contributed by atoms with E-state index in [9.17, 15) is 9.65 Å². The Morgan fingerprint density at radius 3 is 2.71 bits per heavy atom. The van der Waals surface area contributed by atoms with Gasteiger partial charge in [0.2, 0.25) is 5.96 Å². The second-order valence-electron chi connectivity index (χ2n) is 7.23. The van der Waals surface area contributed by atoms with Crippen LogP contribution < -0.4 is 31.6 Å². The second-order valence-corrected chi connectivity index (χ2v) is 7.23. The van der Waals surface area contributed by atoms with Crippen molar-refractivity contribution in [1.29, 1.82) is 10.5 Å². The minimum atomic E-state index is -0.741. The molecule has 34 heavy (non-hydrogen) atoms. The first kappa shape index (κ1) is 22.2. The number of fused-ring (bicyclic) bond motifs is 1. The topological polar surface area (TPSA) is 167 Å². The lowest BCUT2D eigenvalue weighted by Gasteiger charge is -2.26. The summed E-state index contributed by atoms with van der Waals surface area (Å²) in [5.74, 6) is 0.832. The summed E-state index contributed by atoms with van der Waals surface area (Å²) < 4.78 is 24.9. The average molecular weight is 458 g/mol. The SMILES string of the molecule is COc1ccc(C2N=C(NC#N)Nc3nc(N)c(C#N)c(N)c32)cc1OCc1cccc(F)c1. The Bertz CT molecular complexity index is 1380. The number of nitrogens with zero attached hydrogens (tertiary/aromatic N) is 4. The van der Waals surface area contributed by atoms with Gasteiger partial charge in [0.1, 0.15) is 41.7 Å². The molecule has 0 bridgehead atoms. The van der Waals surface area contributed by atoms with Crippen molar-refractivity contribution in [3.05, 3.63) is 70.5 Å². The number of nitriles is 2. The number of methoxy groups -OCH3 is 1. The maximum atomic E-state index is 13.5. The fourth-order valence-corrected chi connectivity index (χ4v) is 3.59. The number of nitrogens with one attached hydrogen (secondary N) is 2. The summed E-state index contributed by atoms with van der Waals surface area (Å²) in [4.78, 5) is 8.77. The Kier molecular flexibility index (Phi) is 6.01. The summed E-state index contributed by atoms with van der Waals surface area (Å²) in [6.07, 6.45) is 1.80. The summed E-state index contributed by atoms with van der Waals surface area (Å²) in [5, 5.41) is 23.9. The van der Waals surface area contributed by atoms with E-state index in [1.165, 1.54) is 19.2 Å². The number of guanidine groups is 1. The lowest BCUT2D eigenvalue weighted by Crippen LogP contribution is -2.32. The van der Waals surface area contributed by atoms with Gasteiger partial charge in [-0.15, -0.1) is 0 Å². The number of halogens is 1. The minimum Gasteiger partial charge on any atom is -0.493 e. The Morgan fingerprint density at radius 1 is 1.18 bits per heavy atom. The van der Waals surface area contributed by atoms with Crippen LogP contribution in [0.15, 0.2) is 47.5 Å². The zero-order valence-electron chi connectivity index (χ0n) is 18.0. The number of hydrogen-bond acceptors (Lipinski definition) is 10. The third-order valence-electron chi connectivity index (χ3n) is 5.14.